The molecule has 2 N–H and O–H groups in total. The molecule has 1 unspecified atom stereocenters. The van der Waals surface area contributed by atoms with Crippen LogP contribution in [0.15, 0.2) is 29.1 Å². The summed E-state index contributed by atoms with van der Waals surface area (Å²) in [6, 6.07) is 7.18. The number of anilines is 1. The highest BCUT2D eigenvalue weighted by molar-refractivity contribution is 7.17. The lowest BCUT2D eigenvalue weighted by atomic mass is 10.1. The van der Waals surface area contributed by atoms with E-state index in [0.717, 1.165) is 42.5 Å². The third kappa shape index (κ3) is 5.14. The summed E-state index contributed by atoms with van der Waals surface area (Å²) < 4.78 is 10.8. The molecule has 2 aliphatic rings. The van der Waals surface area contributed by atoms with Gasteiger partial charge in [-0.15, -0.1) is 11.3 Å². The van der Waals surface area contributed by atoms with Gasteiger partial charge in [-0.3, -0.25) is 14.5 Å². The molecule has 1 fully saturated rings. The van der Waals surface area contributed by atoms with E-state index in [1.165, 1.54) is 18.4 Å². The Kier molecular flexibility index (Phi) is 6.94. The molecule has 1 amide bonds. The van der Waals surface area contributed by atoms with Crippen LogP contribution in [-0.4, -0.2) is 59.7 Å². The largest absolute Gasteiger partial charge is 0.465 e. The van der Waals surface area contributed by atoms with Crippen LogP contribution in [0.1, 0.15) is 45.9 Å². The van der Waals surface area contributed by atoms with Crippen molar-refractivity contribution in [3.63, 3.8) is 0 Å². The normalized spacial score (nSPS) is 17.1. The van der Waals surface area contributed by atoms with Crippen LogP contribution in [0.2, 0.25) is 0 Å². The number of nitrogens with one attached hydrogen (secondary N) is 2. The summed E-state index contributed by atoms with van der Waals surface area (Å²) >= 11 is 1.45. The van der Waals surface area contributed by atoms with Crippen molar-refractivity contribution in [3.8, 4) is 0 Å². The van der Waals surface area contributed by atoms with Gasteiger partial charge in [-0.1, -0.05) is 12.1 Å². The smallest absolute Gasteiger partial charge is 0.341 e. The molecule has 10 heteroatoms. The van der Waals surface area contributed by atoms with Crippen LogP contribution < -0.4 is 10.9 Å². The van der Waals surface area contributed by atoms with Gasteiger partial charge < -0.3 is 19.8 Å². The maximum Gasteiger partial charge on any atom is 0.341 e. The van der Waals surface area contributed by atoms with E-state index in [2.05, 4.69) is 15.3 Å². The highest BCUT2D eigenvalue weighted by Gasteiger charge is 2.29. The summed E-state index contributed by atoms with van der Waals surface area (Å²) in [5.74, 6) is -0.171. The number of thiophene rings is 1. The molecule has 0 saturated carbocycles. The van der Waals surface area contributed by atoms with Gasteiger partial charge in [0.2, 0.25) is 5.91 Å². The van der Waals surface area contributed by atoms with Gasteiger partial charge in [-0.05, 0) is 49.8 Å². The molecule has 1 aliphatic carbocycles. The fourth-order valence-corrected chi connectivity index (χ4v) is 6.16. The number of ether oxygens (including phenoxy) is 2. The number of hydrogen-bond acceptors (Lipinski definition) is 8. The fraction of sp³-hybridized carbons (Fsp3) is 0.440. The number of fused-ring (bicyclic) bond motifs is 2. The second-order valence-electron chi connectivity index (χ2n) is 8.94. The SMILES string of the molecule is COC(=O)c1c(NC(=O)CN(Cc2nc3ccccc3c(=O)[nH]2)CC2CCCO2)sc2c1CCC2. The first kappa shape index (κ1) is 23.7. The number of amides is 1. The second kappa shape index (κ2) is 10.3. The summed E-state index contributed by atoms with van der Waals surface area (Å²) in [4.78, 5) is 48.6. The van der Waals surface area contributed by atoms with Gasteiger partial charge in [-0.2, -0.15) is 0 Å². The highest BCUT2D eigenvalue weighted by atomic mass is 32.1. The van der Waals surface area contributed by atoms with E-state index in [-0.39, 0.29) is 30.7 Å². The lowest BCUT2D eigenvalue weighted by molar-refractivity contribution is -0.117. The maximum atomic E-state index is 13.1. The van der Waals surface area contributed by atoms with E-state index in [1.54, 1.807) is 18.2 Å². The number of carbonyl (C=O) groups excluding carboxylic acids is 2. The molecule has 1 atom stereocenters. The predicted molar refractivity (Wildman–Crippen MR) is 133 cm³/mol. The molecule has 184 valence electrons. The molecule has 1 aliphatic heterocycles. The third-order valence-corrected chi connectivity index (χ3v) is 7.66. The summed E-state index contributed by atoms with van der Waals surface area (Å²) in [6.07, 6.45) is 4.66. The van der Waals surface area contributed by atoms with Crippen LogP contribution in [0.4, 0.5) is 5.00 Å². The van der Waals surface area contributed by atoms with Crippen LogP contribution in [0.3, 0.4) is 0 Å². The van der Waals surface area contributed by atoms with E-state index in [1.807, 2.05) is 11.0 Å². The van der Waals surface area contributed by atoms with Crippen molar-refractivity contribution in [1.29, 1.82) is 0 Å². The number of nitrogens with zero attached hydrogens (tertiary/aromatic N) is 2. The van der Waals surface area contributed by atoms with Crippen molar-refractivity contribution < 1.29 is 19.1 Å². The van der Waals surface area contributed by atoms with E-state index < -0.39 is 5.97 Å². The van der Waals surface area contributed by atoms with Gasteiger partial charge in [0.05, 0.1) is 42.8 Å². The number of aromatic nitrogens is 2. The van der Waals surface area contributed by atoms with Crippen LogP contribution in [0.5, 0.6) is 0 Å². The molecule has 0 bridgehead atoms. The number of methoxy groups -OCH3 is 1. The van der Waals surface area contributed by atoms with Crippen molar-refractivity contribution in [1.82, 2.24) is 14.9 Å². The summed E-state index contributed by atoms with van der Waals surface area (Å²) in [5.41, 5.74) is 1.88. The Morgan fingerprint density at radius 3 is 2.94 bits per heavy atom. The van der Waals surface area contributed by atoms with Gasteiger partial charge in [-0.25, -0.2) is 9.78 Å². The Labute approximate surface area is 206 Å². The van der Waals surface area contributed by atoms with E-state index in [9.17, 15) is 14.4 Å². The van der Waals surface area contributed by atoms with Gasteiger partial charge >= 0.3 is 5.97 Å². The third-order valence-electron chi connectivity index (χ3n) is 6.45. The molecular weight excluding hydrogens is 468 g/mol. The number of hydrogen-bond donors (Lipinski definition) is 2. The van der Waals surface area contributed by atoms with Crippen LogP contribution in [-0.2, 0) is 33.7 Å². The molecule has 3 heterocycles. The highest BCUT2D eigenvalue weighted by Crippen LogP contribution is 2.39. The van der Waals surface area contributed by atoms with Crippen LogP contribution >= 0.6 is 11.3 Å². The molecular formula is C25H28N4O5S. The van der Waals surface area contributed by atoms with Crippen molar-refractivity contribution in [2.75, 3.05) is 32.1 Å². The van der Waals surface area contributed by atoms with Crippen LogP contribution in [0, 0.1) is 0 Å². The Hall–Kier alpha value is -3.08. The monoisotopic (exact) mass is 496 g/mol. The lowest BCUT2D eigenvalue weighted by Crippen LogP contribution is -2.38. The van der Waals surface area contributed by atoms with E-state index >= 15 is 0 Å². The quantitative estimate of drug-likeness (QED) is 0.461. The Bertz CT molecular complexity index is 1310. The average molecular weight is 497 g/mol. The molecule has 1 aromatic carbocycles. The molecule has 9 nitrogen and oxygen atoms in total. The van der Waals surface area contributed by atoms with Crippen molar-refractivity contribution in [2.24, 2.45) is 0 Å². The Morgan fingerprint density at radius 1 is 1.29 bits per heavy atom. The molecule has 2 aromatic heterocycles. The summed E-state index contributed by atoms with van der Waals surface area (Å²) in [5, 5.41) is 4.01. The molecule has 0 radical (unpaired) electrons. The molecule has 35 heavy (non-hydrogen) atoms. The number of rotatable bonds is 8. The van der Waals surface area contributed by atoms with Gasteiger partial charge in [0, 0.05) is 18.0 Å². The van der Waals surface area contributed by atoms with Crippen molar-refractivity contribution in [2.45, 2.75) is 44.8 Å². The summed E-state index contributed by atoms with van der Waals surface area (Å²) in [7, 11) is 1.35. The van der Waals surface area contributed by atoms with E-state index in [0.29, 0.717) is 40.4 Å². The second-order valence-corrected chi connectivity index (χ2v) is 10.0. The maximum absolute atomic E-state index is 13.1. The van der Waals surface area contributed by atoms with Gasteiger partial charge in [0.25, 0.3) is 5.56 Å². The Balaban J connectivity index is 1.35. The topological polar surface area (TPSA) is 114 Å². The average Bonchev–Trinajstić information content (AvgIpc) is 3.57. The first-order valence-corrected chi connectivity index (χ1v) is 12.7. The van der Waals surface area contributed by atoms with Crippen molar-refractivity contribution in [3.05, 3.63) is 56.4 Å². The number of carbonyl (C=O) groups is 2. The number of H-pyrrole nitrogens is 1. The lowest BCUT2D eigenvalue weighted by Gasteiger charge is -2.24. The van der Waals surface area contributed by atoms with Crippen LogP contribution in [0.25, 0.3) is 10.9 Å². The molecule has 5 rings (SSSR count). The van der Waals surface area contributed by atoms with Gasteiger partial charge in [0.1, 0.15) is 10.8 Å². The number of para-hydroxylation sites is 1. The summed E-state index contributed by atoms with van der Waals surface area (Å²) in [6.45, 7) is 1.60. The zero-order chi connectivity index (χ0) is 24.4. The predicted octanol–water partition coefficient (Wildman–Crippen LogP) is 2.88. The zero-order valence-corrected chi connectivity index (χ0v) is 20.4. The number of benzene rings is 1. The molecule has 1 saturated heterocycles. The minimum Gasteiger partial charge on any atom is -0.465 e. The molecule has 3 aromatic rings. The standard InChI is InChI=1S/C25H28N4O5S/c1-33-25(32)22-17-8-4-10-19(17)35-24(22)28-21(30)14-29(12-15-6-5-11-34-15)13-20-26-18-9-3-2-7-16(18)23(31)27-20/h2-3,7,9,15H,4-6,8,10-14H2,1H3,(H,28,30)(H,26,27,31). The Morgan fingerprint density at radius 2 is 2.14 bits per heavy atom. The molecule has 0 spiro atoms. The first-order chi connectivity index (χ1) is 17.0. The van der Waals surface area contributed by atoms with E-state index in [4.69, 9.17) is 9.47 Å². The number of aromatic amines is 1. The van der Waals surface area contributed by atoms with Crippen molar-refractivity contribution >= 4 is 39.1 Å². The number of aryl methyl sites for hydroxylation is 1. The minimum absolute atomic E-state index is 0.0196. The first-order valence-electron chi connectivity index (χ1n) is 11.9. The van der Waals surface area contributed by atoms with Gasteiger partial charge in [0.15, 0.2) is 0 Å². The minimum atomic E-state index is -0.422. The fourth-order valence-electron chi connectivity index (χ4n) is 4.86. The number of esters is 1. The zero-order valence-electron chi connectivity index (χ0n) is 19.6.